The zero-order chi connectivity index (χ0) is 11.8. The molecule has 0 saturated carbocycles. The average molecular weight is 262 g/mol. The van der Waals surface area contributed by atoms with E-state index in [1.54, 1.807) is 23.7 Å². The molecule has 0 atom stereocenters. The van der Waals surface area contributed by atoms with Crippen LogP contribution in [-0.4, -0.2) is 15.0 Å². The number of nitrogens with zero attached hydrogens (tertiary/aromatic N) is 3. The molecule has 17 heavy (non-hydrogen) atoms. The molecule has 0 bridgehead atoms. The van der Waals surface area contributed by atoms with Gasteiger partial charge in [0, 0.05) is 23.3 Å². The number of fused-ring (bicyclic) bond motifs is 1. The third-order valence-electron chi connectivity index (χ3n) is 2.48. The minimum absolute atomic E-state index is 0.526. The summed E-state index contributed by atoms with van der Waals surface area (Å²) in [6.45, 7) is 1.85. The summed E-state index contributed by atoms with van der Waals surface area (Å²) in [6.07, 6.45) is 3.54. The van der Waals surface area contributed by atoms with E-state index in [4.69, 9.17) is 11.6 Å². The lowest BCUT2D eigenvalue weighted by Gasteiger charge is -2.00. The van der Waals surface area contributed by atoms with E-state index in [9.17, 15) is 0 Å². The molecular weight excluding hydrogens is 254 g/mol. The molecule has 5 heteroatoms. The number of hydrogen-bond donors (Lipinski definition) is 0. The van der Waals surface area contributed by atoms with E-state index in [1.165, 1.54) is 0 Å². The second-order valence-electron chi connectivity index (χ2n) is 3.62. The van der Waals surface area contributed by atoms with E-state index < -0.39 is 0 Å². The van der Waals surface area contributed by atoms with Crippen LogP contribution in [0, 0.1) is 6.92 Å². The minimum atomic E-state index is 0.526. The number of halogens is 1. The van der Waals surface area contributed by atoms with Gasteiger partial charge >= 0.3 is 0 Å². The zero-order valence-corrected chi connectivity index (χ0v) is 10.6. The number of thiophene rings is 1. The van der Waals surface area contributed by atoms with Gasteiger partial charge in [0.25, 0.3) is 0 Å². The number of aromatic nitrogens is 3. The van der Waals surface area contributed by atoms with Gasteiger partial charge in [-0.3, -0.25) is 4.98 Å². The second-order valence-corrected chi connectivity index (χ2v) is 4.86. The van der Waals surface area contributed by atoms with Gasteiger partial charge in [0.1, 0.15) is 5.82 Å². The summed E-state index contributed by atoms with van der Waals surface area (Å²) >= 11 is 7.68. The maximum atomic E-state index is 6.11. The summed E-state index contributed by atoms with van der Waals surface area (Å²) < 4.78 is 0.934. The smallest absolute Gasteiger partial charge is 0.150 e. The first-order valence-corrected chi connectivity index (χ1v) is 6.33. The first-order chi connectivity index (χ1) is 8.25. The Morgan fingerprint density at radius 2 is 1.94 bits per heavy atom. The van der Waals surface area contributed by atoms with Crippen molar-refractivity contribution in [3.8, 4) is 11.1 Å². The van der Waals surface area contributed by atoms with Gasteiger partial charge in [-0.2, -0.15) is 0 Å². The van der Waals surface area contributed by atoms with Gasteiger partial charge in [0.05, 0.1) is 10.2 Å². The molecule has 0 spiro atoms. The maximum Gasteiger partial charge on any atom is 0.150 e. The van der Waals surface area contributed by atoms with Crippen LogP contribution in [0.3, 0.4) is 0 Å². The van der Waals surface area contributed by atoms with Crippen LogP contribution in [0.25, 0.3) is 21.3 Å². The second kappa shape index (κ2) is 4.05. The molecule has 0 amide bonds. The van der Waals surface area contributed by atoms with Crippen molar-refractivity contribution in [1.82, 2.24) is 15.0 Å². The summed E-state index contributed by atoms with van der Waals surface area (Å²) in [5, 5.41) is 2.58. The van der Waals surface area contributed by atoms with Crippen LogP contribution in [-0.2, 0) is 0 Å². The van der Waals surface area contributed by atoms with Gasteiger partial charge < -0.3 is 0 Å². The molecule has 0 N–H and O–H groups in total. The van der Waals surface area contributed by atoms with Crippen molar-refractivity contribution in [3.05, 3.63) is 40.9 Å². The predicted octanol–water partition coefficient (Wildman–Crippen LogP) is 3.72. The monoisotopic (exact) mass is 261 g/mol. The van der Waals surface area contributed by atoms with Crippen LogP contribution in [0.15, 0.2) is 29.9 Å². The Kier molecular flexibility index (Phi) is 2.53. The van der Waals surface area contributed by atoms with Crippen LogP contribution in [0.2, 0.25) is 5.15 Å². The number of hydrogen-bond acceptors (Lipinski definition) is 4. The average Bonchev–Trinajstić information content (AvgIpc) is 2.74. The zero-order valence-electron chi connectivity index (χ0n) is 9.01. The molecular formula is C12H8ClN3S. The van der Waals surface area contributed by atoms with Crippen molar-refractivity contribution in [2.45, 2.75) is 6.92 Å². The molecule has 0 saturated heterocycles. The van der Waals surface area contributed by atoms with Gasteiger partial charge in [-0.1, -0.05) is 11.6 Å². The van der Waals surface area contributed by atoms with Gasteiger partial charge in [-0.05, 0) is 24.6 Å². The first-order valence-electron chi connectivity index (χ1n) is 5.07. The Morgan fingerprint density at radius 1 is 1.18 bits per heavy atom. The molecule has 0 fully saturated rings. The number of pyridine rings is 1. The quantitative estimate of drug-likeness (QED) is 0.627. The van der Waals surface area contributed by atoms with Crippen LogP contribution in [0.4, 0.5) is 0 Å². The summed E-state index contributed by atoms with van der Waals surface area (Å²) in [6, 6.07) is 3.93. The molecule has 3 aromatic heterocycles. The van der Waals surface area contributed by atoms with Crippen molar-refractivity contribution in [3.63, 3.8) is 0 Å². The highest BCUT2D eigenvalue weighted by Crippen LogP contribution is 2.35. The fraction of sp³-hybridized carbons (Fsp3) is 0.0833. The molecule has 0 radical (unpaired) electrons. The number of rotatable bonds is 1. The van der Waals surface area contributed by atoms with E-state index in [0.717, 1.165) is 21.3 Å². The molecule has 3 heterocycles. The van der Waals surface area contributed by atoms with Crippen molar-refractivity contribution < 1.29 is 0 Å². The highest BCUT2D eigenvalue weighted by Gasteiger charge is 2.11. The van der Waals surface area contributed by atoms with Crippen LogP contribution >= 0.6 is 22.9 Å². The molecule has 0 unspecified atom stereocenters. The molecule has 0 aromatic carbocycles. The van der Waals surface area contributed by atoms with Gasteiger partial charge in [0.15, 0.2) is 5.15 Å². The van der Waals surface area contributed by atoms with Crippen LogP contribution in [0.1, 0.15) is 5.82 Å². The Balaban J connectivity index is 2.32. The van der Waals surface area contributed by atoms with Gasteiger partial charge in [-0.25, -0.2) is 9.97 Å². The summed E-state index contributed by atoms with van der Waals surface area (Å²) in [7, 11) is 0. The fourth-order valence-corrected chi connectivity index (χ4v) is 2.96. The standard InChI is InChI=1S/C12H8ClN3S/c1-7-15-10-9(8-2-4-14-5-3-8)6-17-11(10)12(13)16-7/h2-6H,1H3. The lowest BCUT2D eigenvalue weighted by molar-refractivity contribution is 1.10. The topological polar surface area (TPSA) is 38.7 Å². The molecule has 3 nitrogen and oxygen atoms in total. The van der Waals surface area contributed by atoms with E-state index in [2.05, 4.69) is 20.3 Å². The highest BCUT2D eigenvalue weighted by atomic mass is 35.5. The molecule has 3 rings (SSSR count). The summed E-state index contributed by atoms with van der Waals surface area (Å²) in [5.41, 5.74) is 3.10. The Morgan fingerprint density at radius 3 is 2.71 bits per heavy atom. The van der Waals surface area contributed by atoms with Crippen molar-refractivity contribution in [2.24, 2.45) is 0 Å². The van der Waals surface area contributed by atoms with E-state index in [-0.39, 0.29) is 0 Å². The molecule has 0 aliphatic rings. The van der Waals surface area contributed by atoms with E-state index >= 15 is 0 Å². The number of aryl methyl sites for hydroxylation is 1. The Labute approximate surface area is 107 Å². The van der Waals surface area contributed by atoms with Gasteiger partial charge in [0.2, 0.25) is 0 Å². The van der Waals surface area contributed by atoms with Gasteiger partial charge in [-0.15, -0.1) is 11.3 Å². The molecule has 84 valence electrons. The predicted molar refractivity (Wildman–Crippen MR) is 70.4 cm³/mol. The summed E-state index contributed by atoms with van der Waals surface area (Å²) in [5.74, 6) is 0.691. The lowest BCUT2D eigenvalue weighted by atomic mass is 10.1. The Bertz CT molecular complexity index is 679. The largest absolute Gasteiger partial charge is 0.265 e. The molecule has 0 aliphatic carbocycles. The van der Waals surface area contributed by atoms with Crippen molar-refractivity contribution in [2.75, 3.05) is 0 Å². The molecule has 3 aromatic rings. The third-order valence-corrected chi connectivity index (χ3v) is 3.84. The SMILES string of the molecule is Cc1nc(Cl)c2scc(-c3ccncc3)c2n1. The highest BCUT2D eigenvalue weighted by molar-refractivity contribution is 7.18. The first kappa shape index (κ1) is 10.6. The fourth-order valence-electron chi connectivity index (χ4n) is 1.72. The lowest BCUT2D eigenvalue weighted by Crippen LogP contribution is -1.88. The van der Waals surface area contributed by atoms with E-state index in [1.807, 2.05) is 19.1 Å². The summed E-state index contributed by atoms with van der Waals surface area (Å²) in [4.78, 5) is 12.6. The normalized spacial score (nSPS) is 10.9. The Hall–Kier alpha value is -1.52. The maximum absolute atomic E-state index is 6.11. The van der Waals surface area contributed by atoms with Crippen LogP contribution in [0.5, 0.6) is 0 Å². The van der Waals surface area contributed by atoms with Crippen molar-refractivity contribution in [1.29, 1.82) is 0 Å². The minimum Gasteiger partial charge on any atom is -0.265 e. The third kappa shape index (κ3) is 1.79. The van der Waals surface area contributed by atoms with E-state index in [0.29, 0.717) is 11.0 Å². The van der Waals surface area contributed by atoms with Crippen molar-refractivity contribution >= 4 is 33.2 Å². The molecule has 0 aliphatic heterocycles. The van der Waals surface area contributed by atoms with Crippen LogP contribution < -0.4 is 0 Å².